The van der Waals surface area contributed by atoms with Gasteiger partial charge in [-0.1, -0.05) is 12.1 Å². The Labute approximate surface area is 192 Å². The van der Waals surface area contributed by atoms with Crippen molar-refractivity contribution in [1.29, 1.82) is 0 Å². The molecule has 0 bridgehead atoms. The summed E-state index contributed by atoms with van der Waals surface area (Å²) in [5.41, 5.74) is 2.41. The summed E-state index contributed by atoms with van der Waals surface area (Å²) >= 11 is 0. The number of hydrogen-bond donors (Lipinski definition) is 1. The van der Waals surface area contributed by atoms with E-state index in [-0.39, 0.29) is 11.3 Å². The van der Waals surface area contributed by atoms with Gasteiger partial charge in [0.15, 0.2) is 5.78 Å². The summed E-state index contributed by atoms with van der Waals surface area (Å²) in [5, 5.41) is 11.8. The Bertz CT molecular complexity index is 1180. The number of benzene rings is 3. The highest BCUT2D eigenvalue weighted by Crippen LogP contribution is 2.50. The average molecular weight is 450 g/mol. The SMILES string of the molecule is COc1ccc([C@@H]2c3c(OC)cc(OC)cc3C(=O)c3c(OC)cc(OC)cc3[C@H]2O)cc1. The smallest absolute Gasteiger partial charge is 0.197 e. The van der Waals surface area contributed by atoms with Crippen molar-refractivity contribution < 1.29 is 33.6 Å². The summed E-state index contributed by atoms with van der Waals surface area (Å²) in [4.78, 5) is 13.9. The molecule has 1 aliphatic rings. The first-order valence-corrected chi connectivity index (χ1v) is 10.4. The molecular formula is C26H26O7. The number of rotatable bonds is 6. The lowest BCUT2D eigenvalue weighted by molar-refractivity contribution is 0.103. The molecule has 3 aromatic carbocycles. The van der Waals surface area contributed by atoms with E-state index in [4.69, 9.17) is 23.7 Å². The van der Waals surface area contributed by atoms with Crippen molar-refractivity contribution in [1.82, 2.24) is 0 Å². The van der Waals surface area contributed by atoms with Crippen LogP contribution >= 0.6 is 0 Å². The van der Waals surface area contributed by atoms with Crippen LogP contribution in [0.4, 0.5) is 0 Å². The molecular weight excluding hydrogens is 424 g/mol. The second kappa shape index (κ2) is 9.03. The van der Waals surface area contributed by atoms with Crippen LogP contribution in [0.25, 0.3) is 0 Å². The van der Waals surface area contributed by atoms with E-state index in [2.05, 4.69) is 0 Å². The number of hydrogen-bond acceptors (Lipinski definition) is 7. The molecule has 7 heteroatoms. The Balaban J connectivity index is 2.09. The summed E-state index contributed by atoms with van der Waals surface area (Å²) in [6.45, 7) is 0. The monoisotopic (exact) mass is 450 g/mol. The number of aliphatic hydroxyl groups excluding tert-OH is 1. The van der Waals surface area contributed by atoms with Crippen molar-refractivity contribution in [2.24, 2.45) is 0 Å². The fourth-order valence-corrected chi connectivity index (χ4v) is 4.39. The van der Waals surface area contributed by atoms with Crippen LogP contribution in [0.2, 0.25) is 0 Å². The van der Waals surface area contributed by atoms with E-state index in [0.717, 1.165) is 5.56 Å². The van der Waals surface area contributed by atoms with Gasteiger partial charge in [-0.05, 0) is 35.4 Å². The van der Waals surface area contributed by atoms with Crippen molar-refractivity contribution in [2.75, 3.05) is 35.5 Å². The van der Waals surface area contributed by atoms with Crippen LogP contribution in [0.3, 0.4) is 0 Å². The maximum absolute atomic E-state index is 13.9. The summed E-state index contributed by atoms with van der Waals surface area (Å²) in [6.07, 6.45) is -1.09. The minimum atomic E-state index is -1.09. The quantitative estimate of drug-likeness (QED) is 0.604. The molecule has 0 aliphatic heterocycles. The first-order chi connectivity index (χ1) is 16.0. The number of carbonyl (C=O) groups excluding carboxylic acids is 1. The molecule has 1 aliphatic carbocycles. The Morgan fingerprint density at radius 2 is 1.27 bits per heavy atom. The fourth-order valence-electron chi connectivity index (χ4n) is 4.39. The van der Waals surface area contributed by atoms with Gasteiger partial charge in [0.1, 0.15) is 28.7 Å². The van der Waals surface area contributed by atoms with Crippen LogP contribution in [0.5, 0.6) is 28.7 Å². The van der Waals surface area contributed by atoms with Crippen LogP contribution in [0.15, 0.2) is 48.5 Å². The molecule has 0 saturated carbocycles. The standard InChI is InChI=1S/C26H26O7/c1-29-15-8-6-14(7-9-15)22-23-18(10-16(30-2)12-20(23)32-4)26(28)24-19(25(22)27)11-17(31-3)13-21(24)33-5/h6-13,22,25,27H,1-5H3/t22-,25-/m1/s1. The molecule has 0 spiro atoms. The van der Waals surface area contributed by atoms with Gasteiger partial charge in [0.25, 0.3) is 0 Å². The molecule has 0 saturated heterocycles. The third-order valence-corrected chi connectivity index (χ3v) is 6.02. The highest BCUT2D eigenvalue weighted by molar-refractivity contribution is 6.14. The van der Waals surface area contributed by atoms with Crippen LogP contribution in [-0.2, 0) is 0 Å². The normalized spacial score (nSPS) is 16.8. The van der Waals surface area contributed by atoms with E-state index in [0.29, 0.717) is 45.4 Å². The first-order valence-electron chi connectivity index (χ1n) is 10.4. The largest absolute Gasteiger partial charge is 0.497 e. The van der Waals surface area contributed by atoms with Gasteiger partial charge in [-0.25, -0.2) is 0 Å². The zero-order chi connectivity index (χ0) is 23.7. The van der Waals surface area contributed by atoms with Gasteiger partial charge in [0, 0.05) is 29.2 Å². The Hall–Kier alpha value is -3.71. The van der Waals surface area contributed by atoms with Crippen molar-refractivity contribution in [2.45, 2.75) is 12.0 Å². The van der Waals surface area contributed by atoms with Gasteiger partial charge in [0.05, 0.1) is 47.2 Å². The van der Waals surface area contributed by atoms with E-state index < -0.39 is 12.0 Å². The molecule has 0 fully saturated rings. The Morgan fingerprint density at radius 1 is 0.697 bits per heavy atom. The Kier molecular flexibility index (Phi) is 6.16. The van der Waals surface area contributed by atoms with Crippen molar-refractivity contribution >= 4 is 5.78 Å². The zero-order valence-electron chi connectivity index (χ0n) is 19.2. The lowest BCUT2D eigenvalue weighted by Crippen LogP contribution is -2.14. The van der Waals surface area contributed by atoms with Crippen LogP contribution in [0.1, 0.15) is 44.6 Å². The second-order valence-electron chi connectivity index (χ2n) is 7.61. The average Bonchev–Trinajstić information content (AvgIpc) is 2.95. The molecule has 33 heavy (non-hydrogen) atoms. The van der Waals surface area contributed by atoms with Gasteiger partial charge >= 0.3 is 0 Å². The third kappa shape index (κ3) is 3.74. The molecule has 3 aromatic rings. The first kappa shape index (κ1) is 22.5. The van der Waals surface area contributed by atoms with E-state index in [1.807, 2.05) is 24.3 Å². The van der Waals surface area contributed by atoms with Gasteiger partial charge < -0.3 is 28.8 Å². The fraction of sp³-hybridized carbons (Fsp3) is 0.269. The predicted octanol–water partition coefficient (Wildman–Crippen LogP) is 4.14. The molecule has 172 valence electrons. The summed E-state index contributed by atoms with van der Waals surface area (Å²) in [6, 6.07) is 14.1. The topological polar surface area (TPSA) is 83.5 Å². The minimum Gasteiger partial charge on any atom is -0.497 e. The predicted molar refractivity (Wildman–Crippen MR) is 122 cm³/mol. The Morgan fingerprint density at radius 3 is 1.85 bits per heavy atom. The van der Waals surface area contributed by atoms with Crippen LogP contribution < -0.4 is 23.7 Å². The third-order valence-electron chi connectivity index (χ3n) is 6.02. The van der Waals surface area contributed by atoms with Crippen molar-refractivity contribution in [3.8, 4) is 28.7 Å². The van der Waals surface area contributed by atoms with Gasteiger partial charge in [-0.15, -0.1) is 0 Å². The zero-order valence-corrected chi connectivity index (χ0v) is 19.2. The molecule has 0 unspecified atom stereocenters. The number of aliphatic hydroxyl groups is 1. The van der Waals surface area contributed by atoms with Crippen LogP contribution in [0, 0.1) is 0 Å². The number of ketones is 1. The van der Waals surface area contributed by atoms with Crippen molar-refractivity contribution in [3.05, 3.63) is 76.3 Å². The van der Waals surface area contributed by atoms with Gasteiger partial charge in [-0.2, -0.15) is 0 Å². The lowest BCUT2D eigenvalue weighted by atomic mass is 9.82. The summed E-state index contributed by atoms with van der Waals surface area (Å²) in [7, 11) is 7.65. The number of carbonyl (C=O) groups is 1. The van der Waals surface area contributed by atoms with E-state index in [9.17, 15) is 9.90 Å². The number of ether oxygens (including phenoxy) is 5. The highest BCUT2D eigenvalue weighted by Gasteiger charge is 2.39. The minimum absolute atomic E-state index is 0.276. The second-order valence-corrected chi connectivity index (χ2v) is 7.61. The van der Waals surface area contributed by atoms with E-state index >= 15 is 0 Å². The van der Waals surface area contributed by atoms with E-state index in [1.54, 1.807) is 31.4 Å². The van der Waals surface area contributed by atoms with E-state index in [1.165, 1.54) is 28.4 Å². The number of methoxy groups -OCH3 is 5. The molecule has 0 aromatic heterocycles. The van der Waals surface area contributed by atoms with Crippen LogP contribution in [-0.4, -0.2) is 46.4 Å². The molecule has 0 heterocycles. The molecule has 1 N–H and O–H groups in total. The van der Waals surface area contributed by atoms with Gasteiger partial charge in [0.2, 0.25) is 0 Å². The molecule has 4 rings (SSSR count). The summed E-state index contributed by atoms with van der Waals surface area (Å²) in [5.74, 6) is 1.47. The lowest BCUT2D eigenvalue weighted by Gasteiger charge is -2.26. The molecule has 7 nitrogen and oxygen atoms in total. The molecule has 2 atom stereocenters. The number of fused-ring (bicyclic) bond motifs is 2. The molecule has 0 amide bonds. The highest BCUT2D eigenvalue weighted by atomic mass is 16.5. The van der Waals surface area contributed by atoms with Gasteiger partial charge in [-0.3, -0.25) is 4.79 Å². The molecule has 0 radical (unpaired) electrons. The maximum Gasteiger partial charge on any atom is 0.197 e. The van der Waals surface area contributed by atoms with Crippen molar-refractivity contribution in [3.63, 3.8) is 0 Å². The summed E-state index contributed by atoms with van der Waals surface area (Å²) < 4.78 is 27.4. The maximum atomic E-state index is 13.9.